The number of aromatic nitrogens is 7. The summed E-state index contributed by atoms with van der Waals surface area (Å²) in [6.07, 6.45) is 15.9. The average molecular weight is 418 g/mol. The molecule has 0 bridgehead atoms. The van der Waals surface area contributed by atoms with E-state index >= 15 is 0 Å². The van der Waals surface area contributed by atoms with E-state index in [4.69, 9.17) is 4.98 Å². The van der Waals surface area contributed by atoms with Crippen LogP contribution in [0.1, 0.15) is 52.0 Å². The highest BCUT2D eigenvalue weighted by Crippen LogP contribution is 2.28. The van der Waals surface area contributed by atoms with Gasteiger partial charge in [0.25, 0.3) is 0 Å². The molecule has 4 aromatic rings. The molecule has 0 spiro atoms. The molecule has 31 heavy (non-hydrogen) atoms. The quantitative estimate of drug-likeness (QED) is 0.450. The fourth-order valence-corrected chi connectivity index (χ4v) is 4.51. The maximum absolute atomic E-state index is 11.6. The zero-order chi connectivity index (χ0) is 21.4. The second-order valence-electron chi connectivity index (χ2n) is 8.41. The lowest BCUT2D eigenvalue weighted by molar-refractivity contribution is -0.117. The van der Waals surface area contributed by atoms with E-state index in [-0.39, 0.29) is 0 Å². The van der Waals surface area contributed by atoms with Crippen LogP contribution in [0.5, 0.6) is 0 Å². The van der Waals surface area contributed by atoms with E-state index in [1.165, 1.54) is 0 Å². The van der Waals surface area contributed by atoms with E-state index in [9.17, 15) is 4.79 Å². The van der Waals surface area contributed by atoms with Crippen LogP contribution < -0.4 is 0 Å². The number of rotatable bonds is 7. The van der Waals surface area contributed by atoms with E-state index in [2.05, 4.69) is 35.3 Å². The molecule has 8 heteroatoms. The standard InChI is InChI=1S/C23H27N7O/c1-3-19(4-2)29-14-18(11-26-29)23-22-7-8-24-30(22)15-21(27-23)17-10-25-28(13-17)12-16-5-6-20(31)9-16/h7-8,10-11,13-16,19H,3-6,9,12H2,1-2H3/t16-/m0/s1. The highest BCUT2D eigenvalue weighted by molar-refractivity contribution is 5.80. The van der Waals surface area contributed by atoms with Crippen LogP contribution in [-0.2, 0) is 11.3 Å². The monoisotopic (exact) mass is 417 g/mol. The summed E-state index contributed by atoms with van der Waals surface area (Å²) in [6.45, 7) is 5.14. The van der Waals surface area contributed by atoms with Crippen molar-refractivity contribution < 1.29 is 4.79 Å². The van der Waals surface area contributed by atoms with Crippen LogP contribution in [-0.4, -0.2) is 39.9 Å². The van der Waals surface area contributed by atoms with Gasteiger partial charge in [0.15, 0.2) is 0 Å². The highest BCUT2D eigenvalue weighted by Gasteiger charge is 2.23. The number of fused-ring (bicyclic) bond motifs is 1. The van der Waals surface area contributed by atoms with Gasteiger partial charge in [-0.3, -0.25) is 14.2 Å². The molecule has 0 saturated heterocycles. The van der Waals surface area contributed by atoms with Crippen molar-refractivity contribution in [2.45, 2.75) is 58.5 Å². The van der Waals surface area contributed by atoms with Crippen LogP contribution in [0.4, 0.5) is 0 Å². The van der Waals surface area contributed by atoms with Crippen molar-refractivity contribution in [1.82, 2.24) is 34.2 Å². The topological polar surface area (TPSA) is 82.9 Å². The van der Waals surface area contributed by atoms with Gasteiger partial charge in [-0.15, -0.1) is 0 Å². The van der Waals surface area contributed by atoms with Crippen LogP contribution in [0.15, 0.2) is 43.2 Å². The number of carbonyl (C=O) groups is 1. The van der Waals surface area contributed by atoms with Gasteiger partial charge in [-0.1, -0.05) is 13.8 Å². The zero-order valence-electron chi connectivity index (χ0n) is 18.0. The Kier molecular flexibility index (Phi) is 5.13. The Morgan fingerprint density at radius 1 is 1.06 bits per heavy atom. The SMILES string of the molecule is CCC(CC)n1cc(-c2nc(-c3cnn(C[C@H]4CCC(=O)C4)c3)cn3nccc23)cn1. The van der Waals surface area contributed by atoms with E-state index < -0.39 is 0 Å². The van der Waals surface area contributed by atoms with Gasteiger partial charge in [-0.05, 0) is 31.2 Å². The first-order chi connectivity index (χ1) is 15.1. The Morgan fingerprint density at radius 2 is 1.90 bits per heavy atom. The van der Waals surface area contributed by atoms with E-state index in [1.807, 2.05) is 44.7 Å². The summed E-state index contributed by atoms with van der Waals surface area (Å²) in [6, 6.07) is 2.36. The number of hydrogen-bond acceptors (Lipinski definition) is 5. The van der Waals surface area contributed by atoms with E-state index in [0.29, 0.717) is 30.6 Å². The van der Waals surface area contributed by atoms with Crippen LogP contribution in [0.2, 0.25) is 0 Å². The van der Waals surface area contributed by atoms with Gasteiger partial charge in [0.1, 0.15) is 5.78 Å². The summed E-state index contributed by atoms with van der Waals surface area (Å²) >= 11 is 0. The third-order valence-corrected chi connectivity index (χ3v) is 6.30. The molecule has 4 heterocycles. The molecule has 0 aliphatic heterocycles. The number of ketones is 1. The summed E-state index contributed by atoms with van der Waals surface area (Å²) in [5.74, 6) is 0.745. The summed E-state index contributed by atoms with van der Waals surface area (Å²) in [7, 11) is 0. The lowest BCUT2D eigenvalue weighted by Gasteiger charge is -2.12. The number of hydrogen-bond donors (Lipinski definition) is 0. The van der Waals surface area contributed by atoms with Gasteiger partial charge in [-0.25, -0.2) is 9.50 Å². The largest absolute Gasteiger partial charge is 0.300 e. The van der Waals surface area contributed by atoms with E-state index in [0.717, 1.165) is 53.8 Å². The molecule has 1 atom stereocenters. The first-order valence-electron chi connectivity index (χ1n) is 11.1. The third kappa shape index (κ3) is 3.78. The third-order valence-electron chi connectivity index (χ3n) is 6.30. The molecule has 0 amide bonds. The van der Waals surface area contributed by atoms with Gasteiger partial charge in [0.05, 0.1) is 47.7 Å². The molecular weight excluding hydrogens is 390 g/mol. The number of carbonyl (C=O) groups excluding carboxylic acids is 1. The van der Waals surface area contributed by atoms with Crippen molar-refractivity contribution in [3.63, 3.8) is 0 Å². The minimum absolute atomic E-state index is 0.363. The summed E-state index contributed by atoms with van der Waals surface area (Å²) in [4.78, 5) is 16.5. The lowest BCUT2D eigenvalue weighted by atomic mass is 10.1. The molecule has 0 unspecified atom stereocenters. The molecule has 160 valence electrons. The zero-order valence-corrected chi connectivity index (χ0v) is 18.0. The molecule has 1 aliphatic carbocycles. The normalized spacial score (nSPS) is 16.7. The molecule has 4 aromatic heterocycles. The molecule has 1 saturated carbocycles. The number of Topliss-reactive ketones (excluding diaryl/α,β-unsaturated/α-hetero) is 1. The van der Waals surface area contributed by atoms with Crippen molar-refractivity contribution in [3.8, 4) is 22.5 Å². The van der Waals surface area contributed by atoms with Crippen LogP contribution >= 0.6 is 0 Å². The molecule has 1 aliphatic rings. The Hall–Kier alpha value is -3.29. The van der Waals surface area contributed by atoms with Gasteiger partial charge >= 0.3 is 0 Å². The predicted octanol–water partition coefficient (Wildman–Crippen LogP) is 4.19. The minimum Gasteiger partial charge on any atom is -0.300 e. The first kappa shape index (κ1) is 19.7. The summed E-state index contributed by atoms with van der Waals surface area (Å²) in [5.41, 5.74) is 4.55. The van der Waals surface area contributed by atoms with Crippen molar-refractivity contribution in [2.24, 2.45) is 5.92 Å². The Labute approximate surface area is 180 Å². The summed E-state index contributed by atoms with van der Waals surface area (Å²) in [5, 5.41) is 13.6. The Bertz CT molecular complexity index is 1210. The van der Waals surface area contributed by atoms with Crippen molar-refractivity contribution in [3.05, 3.63) is 43.2 Å². The van der Waals surface area contributed by atoms with Crippen LogP contribution in [0, 0.1) is 5.92 Å². The fourth-order valence-electron chi connectivity index (χ4n) is 4.51. The van der Waals surface area contributed by atoms with Crippen molar-refractivity contribution in [1.29, 1.82) is 0 Å². The molecule has 8 nitrogen and oxygen atoms in total. The van der Waals surface area contributed by atoms with E-state index in [1.54, 1.807) is 6.20 Å². The predicted molar refractivity (Wildman–Crippen MR) is 117 cm³/mol. The Balaban J connectivity index is 1.48. The molecule has 0 aromatic carbocycles. The maximum Gasteiger partial charge on any atom is 0.133 e. The second-order valence-corrected chi connectivity index (χ2v) is 8.41. The Morgan fingerprint density at radius 3 is 2.68 bits per heavy atom. The van der Waals surface area contributed by atoms with Gasteiger partial charge in [0.2, 0.25) is 0 Å². The number of nitrogens with zero attached hydrogens (tertiary/aromatic N) is 7. The molecule has 0 radical (unpaired) electrons. The smallest absolute Gasteiger partial charge is 0.133 e. The first-order valence-corrected chi connectivity index (χ1v) is 11.1. The van der Waals surface area contributed by atoms with Gasteiger partial charge in [0, 0.05) is 42.9 Å². The van der Waals surface area contributed by atoms with Crippen LogP contribution in [0.3, 0.4) is 0 Å². The second kappa shape index (κ2) is 8.09. The molecular formula is C23H27N7O. The average Bonchev–Trinajstić information content (AvgIpc) is 3.56. The maximum atomic E-state index is 11.6. The fraction of sp³-hybridized carbons (Fsp3) is 0.435. The van der Waals surface area contributed by atoms with Gasteiger partial charge < -0.3 is 0 Å². The molecule has 1 fully saturated rings. The van der Waals surface area contributed by atoms with Crippen molar-refractivity contribution in [2.75, 3.05) is 0 Å². The summed E-state index contributed by atoms with van der Waals surface area (Å²) < 4.78 is 5.83. The molecule has 5 rings (SSSR count). The highest BCUT2D eigenvalue weighted by atomic mass is 16.1. The van der Waals surface area contributed by atoms with Crippen LogP contribution in [0.25, 0.3) is 28.0 Å². The van der Waals surface area contributed by atoms with Gasteiger partial charge in [-0.2, -0.15) is 15.3 Å². The van der Waals surface area contributed by atoms with Crippen molar-refractivity contribution >= 4 is 11.3 Å². The molecule has 0 N–H and O–H groups in total. The lowest BCUT2D eigenvalue weighted by Crippen LogP contribution is -2.08. The minimum atomic E-state index is 0.363.